The third kappa shape index (κ3) is 4.10. The molecule has 1 aromatic heterocycles. The van der Waals surface area contributed by atoms with Crippen molar-refractivity contribution < 1.29 is 14.3 Å². The molecule has 7 heteroatoms. The summed E-state index contributed by atoms with van der Waals surface area (Å²) in [5.41, 5.74) is 0. The lowest BCUT2D eigenvalue weighted by atomic mass is 10.1. The van der Waals surface area contributed by atoms with Gasteiger partial charge in [-0.15, -0.1) is 11.3 Å². The van der Waals surface area contributed by atoms with Gasteiger partial charge in [-0.1, -0.05) is 0 Å². The molecule has 0 bridgehead atoms. The highest BCUT2D eigenvalue weighted by Gasteiger charge is 2.27. The quantitative estimate of drug-likeness (QED) is 0.883. The van der Waals surface area contributed by atoms with Gasteiger partial charge in [-0.3, -0.25) is 9.59 Å². The Hall–Kier alpha value is -1.44. The molecular formula is C16H23N3O3S. The first-order valence-electron chi connectivity index (χ1n) is 8.08. The van der Waals surface area contributed by atoms with E-state index in [2.05, 4.69) is 5.32 Å². The summed E-state index contributed by atoms with van der Waals surface area (Å²) < 4.78 is 5.38. The van der Waals surface area contributed by atoms with Crippen LogP contribution in [0.1, 0.15) is 21.0 Å². The predicted molar refractivity (Wildman–Crippen MR) is 88.8 cm³/mol. The van der Waals surface area contributed by atoms with Crippen LogP contribution in [0.15, 0.2) is 12.1 Å². The normalized spacial score (nSPS) is 22.2. The molecule has 3 rings (SSSR count). The van der Waals surface area contributed by atoms with Gasteiger partial charge in [0.1, 0.15) is 0 Å². The van der Waals surface area contributed by atoms with E-state index in [1.54, 1.807) is 0 Å². The van der Waals surface area contributed by atoms with E-state index in [0.29, 0.717) is 45.8 Å². The fourth-order valence-corrected chi connectivity index (χ4v) is 3.79. The van der Waals surface area contributed by atoms with Crippen molar-refractivity contribution in [2.75, 3.05) is 45.9 Å². The summed E-state index contributed by atoms with van der Waals surface area (Å²) in [6.45, 7) is 6.56. The van der Waals surface area contributed by atoms with Gasteiger partial charge in [-0.05, 0) is 19.1 Å². The predicted octanol–water partition coefficient (Wildman–Crippen LogP) is 0.719. The van der Waals surface area contributed by atoms with Crippen LogP contribution in [-0.2, 0) is 9.53 Å². The number of piperazine rings is 1. The maximum absolute atomic E-state index is 12.4. The summed E-state index contributed by atoms with van der Waals surface area (Å²) in [5.74, 6) is 0.226. The molecule has 6 nitrogen and oxygen atoms in total. The Kier molecular flexibility index (Phi) is 5.30. The lowest BCUT2D eigenvalue weighted by Gasteiger charge is -2.35. The molecule has 0 radical (unpaired) electrons. The van der Waals surface area contributed by atoms with Gasteiger partial charge in [0.05, 0.1) is 18.1 Å². The molecule has 0 aliphatic carbocycles. The van der Waals surface area contributed by atoms with Crippen LogP contribution in [0.5, 0.6) is 0 Å². The first-order valence-corrected chi connectivity index (χ1v) is 8.90. The van der Waals surface area contributed by atoms with Crippen LogP contribution in [0, 0.1) is 6.92 Å². The van der Waals surface area contributed by atoms with E-state index in [-0.39, 0.29) is 17.9 Å². The van der Waals surface area contributed by atoms with Gasteiger partial charge in [0.2, 0.25) is 5.91 Å². The molecule has 3 heterocycles. The topological polar surface area (TPSA) is 61.9 Å². The number of aryl methyl sites for hydroxylation is 1. The summed E-state index contributed by atoms with van der Waals surface area (Å²) >= 11 is 1.53. The van der Waals surface area contributed by atoms with Crippen molar-refractivity contribution in [3.8, 4) is 0 Å². The highest BCUT2D eigenvalue weighted by molar-refractivity contribution is 7.13. The van der Waals surface area contributed by atoms with Gasteiger partial charge >= 0.3 is 0 Å². The second-order valence-electron chi connectivity index (χ2n) is 6.01. The molecule has 0 aromatic carbocycles. The maximum atomic E-state index is 12.4. The number of hydrogen-bond acceptors (Lipinski definition) is 5. The zero-order chi connectivity index (χ0) is 16.2. The Morgan fingerprint density at radius 3 is 2.61 bits per heavy atom. The second kappa shape index (κ2) is 7.42. The lowest BCUT2D eigenvalue weighted by molar-refractivity contribution is -0.133. The fourth-order valence-electron chi connectivity index (χ4n) is 2.95. The zero-order valence-electron chi connectivity index (χ0n) is 13.4. The van der Waals surface area contributed by atoms with E-state index < -0.39 is 0 Å². The molecule has 2 aliphatic rings. The zero-order valence-corrected chi connectivity index (χ0v) is 14.2. The van der Waals surface area contributed by atoms with Crippen LogP contribution in [0.2, 0.25) is 0 Å². The summed E-state index contributed by atoms with van der Waals surface area (Å²) in [7, 11) is 0. The van der Waals surface area contributed by atoms with E-state index >= 15 is 0 Å². The number of nitrogens with zero attached hydrogens (tertiary/aromatic N) is 2. The molecule has 0 saturated carbocycles. The third-order valence-corrected chi connectivity index (χ3v) is 5.28. The summed E-state index contributed by atoms with van der Waals surface area (Å²) in [4.78, 5) is 30.4. The van der Waals surface area contributed by atoms with Crippen molar-refractivity contribution in [1.29, 1.82) is 0 Å². The molecule has 0 spiro atoms. The minimum absolute atomic E-state index is 0.0811. The number of morpholine rings is 1. The van der Waals surface area contributed by atoms with Crippen molar-refractivity contribution in [2.45, 2.75) is 19.4 Å². The first kappa shape index (κ1) is 16.4. The smallest absolute Gasteiger partial charge is 0.264 e. The van der Waals surface area contributed by atoms with Gasteiger partial charge in [0, 0.05) is 50.1 Å². The van der Waals surface area contributed by atoms with Crippen LogP contribution in [-0.4, -0.2) is 73.6 Å². The van der Waals surface area contributed by atoms with Crippen LogP contribution in [0.3, 0.4) is 0 Å². The third-order valence-electron chi connectivity index (χ3n) is 4.29. The number of carbonyl (C=O) groups is 2. The molecule has 2 saturated heterocycles. The van der Waals surface area contributed by atoms with Crippen LogP contribution in [0.4, 0.5) is 0 Å². The highest BCUT2D eigenvalue weighted by atomic mass is 32.1. The van der Waals surface area contributed by atoms with Crippen LogP contribution in [0.25, 0.3) is 0 Å². The van der Waals surface area contributed by atoms with E-state index in [9.17, 15) is 9.59 Å². The maximum Gasteiger partial charge on any atom is 0.264 e. The first-order chi connectivity index (χ1) is 11.1. The average molecular weight is 337 g/mol. The largest absolute Gasteiger partial charge is 0.378 e. The molecular weight excluding hydrogens is 314 g/mol. The molecule has 2 amide bonds. The second-order valence-corrected chi connectivity index (χ2v) is 7.30. The van der Waals surface area contributed by atoms with Crippen molar-refractivity contribution in [2.24, 2.45) is 0 Å². The molecule has 2 fully saturated rings. The van der Waals surface area contributed by atoms with E-state index in [1.165, 1.54) is 11.3 Å². The molecule has 2 aliphatic heterocycles. The molecule has 1 unspecified atom stereocenters. The SMILES string of the molecule is Cc1ccc(C(=O)N2CCN(C(=O)CC3COCCN3)CC2)s1. The van der Waals surface area contributed by atoms with Crippen LogP contribution >= 0.6 is 11.3 Å². The summed E-state index contributed by atoms with van der Waals surface area (Å²) in [6, 6.07) is 3.97. The van der Waals surface area contributed by atoms with E-state index in [4.69, 9.17) is 4.74 Å². The Morgan fingerprint density at radius 1 is 1.26 bits per heavy atom. The molecule has 1 atom stereocenters. The van der Waals surface area contributed by atoms with Crippen molar-refractivity contribution in [3.63, 3.8) is 0 Å². The molecule has 23 heavy (non-hydrogen) atoms. The lowest BCUT2D eigenvalue weighted by Crippen LogP contribution is -2.52. The molecule has 126 valence electrons. The number of rotatable bonds is 3. The van der Waals surface area contributed by atoms with Gasteiger partial charge in [-0.25, -0.2) is 0 Å². The number of hydrogen-bond donors (Lipinski definition) is 1. The van der Waals surface area contributed by atoms with Gasteiger partial charge in [0.25, 0.3) is 5.91 Å². The molecule has 1 N–H and O–H groups in total. The van der Waals surface area contributed by atoms with E-state index in [1.807, 2.05) is 28.9 Å². The van der Waals surface area contributed by atoms with Gasteiger partial charge in [0.15, 0.2) is 0 Å². The number of thiophene rings is 1. The van der Waals surface area contributed by atoms with Gasteiger partial charge in [-0.2, -0.15) is 0 Å². The minimum atomic E-state index is 0.0811. The number of ether oxygens (including phenoxy) is 1. The highest BCUT2D eigenvalue weighted by Crippen LogP contribution is 2.18. The Morgan fingerprint density at radius 2 is 2.00 bits per heavy atom. The Bertz CT molecular complexity index is 561. The summed E-state index contributed by atoms with van der Waals surface area (Å²) in [6.07, 6.45) is 0.470. The van der Waals surface area contributed by atoms with Crippen molar-refractivity contribution >= 4 is 23.2 Å². The van der Waals surface area contributed by atoms with Gasteiger partial charge < -0.3 is 19.9 Å². The number of carbonyl (C=O) groups excluding carboxylic acids is 2. The van der Waals surface area contributed by atoms with E-state index in [0.717, 1.165) is 16.3 Å². The van der Waals surface area contributed by atoms with Crippen LogP contribution < -0.4 is 5.32 Å². The standard InChI is InChI=1S/C16H23N3O3S/c1-12-2-3-14(23-12)16(21)19-7-5-18(6-8-19)15(20)10-13-11-22-9-4-17-13/h2-3,13,17H,4-11H2,1H3. The number of amides is 2. The minimum Gasteiger partial charge on any atom is -0.378 e. The Labute approximate surface area is 140 Å². The fraction of sp³-hybridized carbons (Fsp3) is 0.625. The Balaban J connectivity index is 1.47. The molecule has 1 aromatic rings. The monoisotopic (exact) mass is 337 g/mol. The summed E-state index contributed by atoms with van der Waals surface area (Å²) in [5, 5.41) is 3.30. The average Bonchev–Trinajstić information content (AvgIpc) is 3.02. The van der Waals surface area contributed by atoms with Crippen molar-refractivity contribution in [3.05, 3.63) is 21.9 Å². The number of nitrogens with one attached hydrogen (secondary N) is 1. The van der Waals surface area contributed by atoms with Crippen molar-refractivity contribution in [1.82, 2.24) is 15.1 Å².